The van der Waals surface area contributed by atoms with E-state index in [4.69, 9.17) is 9.84 Å². The molecule has 4 rings (SSSR count). The van der Waals surface area contributed by atoms with E-state index in [1.807, 2.05) is 13.8 Å². The van der Waals surface area contributed by atoms with Gasteiger partial charge in [-0.2, -0.15) is 0 Å². The van der Waals surface area contributed by atoms with Crippen molar-refractivity contribution in [2.45, 2.75) is 32.9 Å². The molecule has 1 aromatic heterocycles. The SMILES string of the molecule is Cc1[nH]c([C@H](C(C)C)N2C(=O)NC(c3ccc(OCCO)cc3)C2=O)nc1-c1ccc(Br)cc1F. The quantitative estimate of drug-likeness (QED) is 0.358. The number of aliphatic hydroxyl groups excluding tert-OH is 1. The highest BCUT2D eigenvalue weighted by Gasteiger charge is 2.45. The van der Waals surface area contributed by atoms with Crippen LogP contribution in [0.3, 0.4) is 0 Å². The maximum absolute atomic E-state index is 14.6. The Morgan fingerprint density at radius 1 is 1.20 bits per heavy atom. The molecule has 1 aliphatic rings. The van der Waals surface area contributed by atoms with Gasteiger partial charge in [-0.3, -0.25) is 9.69 Å². The van der Waals surface area contributed by atoms with Crippen molar-refractivity contribution in [3.05, 3.63) is 69.8 Å². The molecule has 0 bridgehead atoms. The summed E-state index contributed by atoms with van der Waals surface area (Å²) in [5, 5.41) is 11.7. The number of imidazole rings is 1. The van der Waals surface area contributed by atoms with Gasteiger partial charge >= 0.3 is 6.03 Å². The van der Waals surface area contributed by atoms with E-state index in [0.717, 1.165) is 0 Å². The number of benzene rings is 2. The molecule has 35 heavy (non-hydrogen) atoms. The summed E-state index contributed by atoms with van der Waals surface area (Å²) in [6.45, 7) is 5.62. The smallest absolute Gasteiger partial charge is 0.325 e. The minimum absolute atomic E-state index is 0.104. The second kappa shape index (κ2) is 10.2. The Labute approximate surface area is 210 Å². The van der Waals surface area contributed by atoms with Gasteiger partial charge in [0.15, 0.2) is 0 Å². The molecule has 1 aliphatic heterocycles. The average Bonchev–Trinajstić information content (AvgIpc) is 3.32. The number of rotatable bonds is 8. The molecule has 1 saturated heterocycles. The maximum atomic E-state index is 14.6. The first kappa shape index (κ1) is 24.9. The number of aromatic amines is 1. The monoisotopic (exact) mass is 544 g/mol. The number of hydrogen-bond acceptors (Lipinski definition) is 5. The summed E-state index contributed by atoms with van der Waals surface area (Å²) < 4.78 is 20.6. The summed E-state index contributed by atoms with van der Waals surface area (Å²) >= 11 is 3.26. The fourth-order valence-electron chi connectivity index (χ4n) is 4.21. The third kappa shape index (κ3) is 4.94. The van der Waals surface area contributed by atoms with Crippen molar-refractivity contribution in [1.29, 1.82) is 0 Å². The van der Waals surface area contributed by atoms with Crippen molar-refractivity contribution in [3.63, 3.8) is 0 Å². The number of carbonyl (C=O) groups is 2. The van der Waals surface area contributed by atoms with Gasteiger partial charge in [0.25, 0.3) is 5.91 Å². The zero-order valence-corrected chi connectivity index (χ0v) is 21.1. The van der Waals surface area contributed by atoms with Gasteiger partial charge in [-0.15, -0.1) is 0 Å². The number of aliphatic hydroxyl groups is 1. The maximum Gasteiger partial charge on any atom is 0.325 e. The Bertz CT molecular complexity index is 1240. The fourth-order valence-corrected chi connectivity index (χ4v) is 4.54. The van der Waals surface area contributed by atoms with E-state index in [1.54, 1.807) is 43.3 Å². The predicted octanol–water partition coefficient (Wildman–Crippen LogP) is 4.65. The third-order valence-electron chi connectivity index (χ3n) is 5.82. The minimum atomic E-state index is -0.852. The Kier molecular flexibility index (Phi) is 7.23. The lowest BCUT2D eigenvalue weighted by Crippen LogP contribution is -2.38. The molecule has 0 radical (unpaired) electrons. The van der Waals surface area contributed by atoms with Crippen LogP contribution in [0.4, 0.5) is 9.18 Å². The standard InChI is InChI=1S/C25H26BrFN4O4/c1-13(2)22(23-28-14(3)20(29-23)18-9-6-16(26)12-19(18)27)31-24(33)21(30-25(31)34)15-4-7-17(8-5-15)35-11-10-32/h4-9,12-13,21-22,32H,10-11H2,1-3H3,(H,28,29)(H,30,34)/t21?,22-/m0/s1. The molecule has 2 atom stereocenters. The molecule has 1 fully saturated rings. The summed E-state index contributed by atoms with van der Waals surface area (Å²) in [5.41, 5.74) is 2.00. The van der Waals surface area contributed by atoms with Crippen molar-refractivity contribution in [2.24, 2.45) is 5.92 Å². The molecule has 3 amide bonds. The molecule has 0 aliphatic carbocycles. The molecule has 0 saturated carbocycles. The molecule has 10 heteroatoms. The molecule has 3 N–H and O–H groups in total. The van der Waals surface area contributed by atoms with Gasteiger partial charge in [-0.1, -0.05) is 41.9 Å². The van der Waals surface area contributed by atoms with Gasteiger partial charge in [0.2, 0.25) is 0 Å². The Balaban J connectivity index is 1.63. The molecule has 0 spiro atoms. The predicted molar refractivity (Wildman–Crippen MR) is 131 cm³/mol. The second-order valence-corrected chi connectivity index (χ2v) is 9.56. The van der Waals surface area contributed by atoms with E-state index >= 15 is 0 Å². The zero-order chi connectivity index (χ0) is 25.3. The number of nitrogens with one attached hydrogen (secondary N) is 2. The second-order valence-electron chi connectivity index (χ2n) is 8.64. The van der Waals surface area contributed by atoms with Crippen molar-refractivity contribution in [3.8, 4) is 17.0 Å². The van der Waals surface area contributed by atoms with Gasteiger partial charge in [-0.05, 0) is 48.7 Å². The van der Waals surface area contributed by atoms with Crippen molar-refractivity contribution < 1.29 is 23.8 Å². The number of amides is 3. The van der Waals surface area contributed by atoms with Crippen molar-refractivity contribution in [2.75, 3.05) is 13.2 Å². The number of hydrogen-bond donors (Lipinski definition) is 3. The number of aryl methyl sites for hydroxylation is 1. The summed E-state index contributed by atoms with van der Waals surface area (Å²) in [7, 11) is 0. The Morgan fingerprint density at radius 3 is 2.54 bits per heavy atom. The lowest BCUT2D eigenvalue weighted by Gasteiger charge is -2.27. The van der Waals surface area contributed by atoms with E-state index < -0.39 is 29.8 Å². The van der Waals surface area contributed by atoms with Gasteiger partial charge in [0.05, 0.1) is 12.3 Å². The van der Waals surface area contributed by atoms with Crippen molar-refractivity contribution >= 4 is 27.9 Å². The third-order valence-corrected chi connectivity index (χ3v) is 6.32. The van der Waals surface area contributed by atoms with E-state index in [-0.39, 0.29) is 19.1 Å². The molecule has 2 heterocycles. The largest absolute Gasteiger partial charge is 0.491 e. The number of aromatic nitrogens is 2. The first-order valence-corrected chi connectivity index (χ1v) is 12.0. The molecular weight excluding hydrogens is 519 g/mol. The van der Waals surface area contributed by atoms with E-state index in [2.05, 4.69) is 31.2 Å². The van der Waals surface area contributed by atoms with Gasteiger partial charge in [0.1, 0.15) is 36.1 Å². The highest BCUT2D eigenvalue weighted by Crippen LogP contribution is 2.36. The number of nitrogens with zero attached hydrogens (tertiary/aromatic N) is 2. The molecular formula is C25H26BrFN4O4. The zero-order valence-electron chi connectivity index (χ0n) is 19.5. The first-order valence-electron chi connectivity index (χ1n) is 11.2. The molecule has 3 aromatic rings. The first-order chi connectivity index (χ1) is 16.7. The molecule has 2 aromatic carbocycles. The van der Waals surface area contributed by atoms with Crippen LogP contribution >= 0.6 is 15.9 Å². The molecule has 8 nitrogen and oxygen atoms in total. The van der Waals surface area contributed by atoms with Crippen LogP contribution in [0.25, 0.3) is 11.3 Å². The van der Waals surface area contributed by atoms with Gasteiger partial charge < -0.3 is 20.1 Å². The Morgan fingerprint density at radius 2 is 1.91 bits per heavy atom. The van der Waals surface area contributed by atoms with Crippen LogP contribution in [0.15, 0.2) is 46.9 Å². The molecule has 184 valence electrons. The van der Waals surface area contributed by atoms with Crippen LogP contribution in [0.2, 0.25) is 0 Å². The lowest BCUT2D eigenvalue weighted by molar-refractivity contribution is -0.130. The highest BCUT2D eigenvalue weighted by molar-refractivity contribution is 9.10. The van der Waals surface area contributed by atoms with Gasteiger partial charge in [0, 0.05) is 15.7 Å². The number of imide groups is 1. The normalized spacial score (nSPS) is 16.7. The van der Waals surface area contributed by atoms with Crippen LogP contribution in [-0.2, 0) is 4.79 Å². The van der Waals surface area contributed by atoms with E-state index in [1.165, 1.54) is 11.0 Å². The minimum Gasteiger partial charge on any atom is -0.491 e. The number of halogens is 2. The van der Waals surface area contributed by atoms with Crippen LogP contribution in [0.5, 0.6) is 5.75 Å². The molecule has 1 unspecified atom stereocenters. The Hall–Kier alpha value is -3.24. The summed E-state index contributed by atoms with van der Waals surface area (Å²) in [6.07, 6.45) is 0. The van der Waals surface area contributed by atoms with E-state index in [9.17, 15) is 14.0 Å². The van der Waals surface area contributed by atoms with Gasteiger partial charge in [-0.25, -0.2) is 14.2 Å². The lowest BCUT2D eigenvalue weighted by atomic mass is 10.0. The summed E-state index contributed by atoms with van der Waals surface area (Å²) in [5.74, 6) is -0.0286. The summed E-state index contributed by atoms with van der Waals surface area (Å²) in [6, 6.07) is 9.45. The highest BCUT2D eigenvalue weighted by atomic mass is 79.9. The number of urea groups is 1. The van der Waals surface area contributed by atoms with Crippen LogP contribution < -0.4 is 10.1 Å². The van der Waals surface area contributed by atoms with Crippen LogP contribution in [0.1, 0.15) is 43.0 Å². The summed E-state index contributed by atoms with van der Waals surface area (Å²) in [4.78, 5) is 35.4. The average molecular weight is 545 g/mol. The number of carbonyl (C=O) groups excluding carboxylic acids is 2. The van der Waals surface area contributed by atoms with Crippen LogP contribution in [-0.4, -0.2) is 45.1 Å². The van der Waals surface area contributed by atoms with E-state index in [0.29, 0.717) is 38.6 Å². The van der Waals surface area contributed by atoms with Crippen LogP contribution in [0, 0.1) is 18.7 Å². The van der Waals surface area contributed by atoms with Crippen molar-refractivity contribution in [1.82, 2.24) is 20.2 Å². The number of H-pyrrole nitrogens is 1. The number of ether oxygens (including phenoxy) is 1. The topological polar surface area (TPSA) is 108 Å². The fraction of sp³-hybridized carbons (Fsp3) is 0.320.